The molecule has 0 atom stereocenters. The average molecular weight is 642 g/mol. The summed E-state index contributed by atoms with van der Waals surface area (Å²) in [5.41, 5.74) is 9.81. The number of nitrogens with zero attached hydrogens (tertiary/aromatic N) is 1. The largest absolute Gasteiger partial charge is 0.497 e. The first kappa shape index (κ1) is 32.7. The number of hydrogen-bond donors (Lipinski definition) is 0. The van der Waals surface area contributed by atoms with Crippen LogP contribution in [0, 0.1) is 0 Å². The van der Waals surface area contributed by atoms with Crippen molar-refractivity contribution in [3.05, 3.63) is 179 Å². The Kier molecular flexibility index (Phi) is 10.7. The standard InChI is InChI=1S/C45H39NO3/c1-47-43-10-4-7-37(31-43)16-13-34-19-25-40(26-20-34)46(41-27-21-35(22-28-41)14-17-38-8-5-11-44(32-38)48-2)42-29-23-36(24-30-42)15-18-39-9-6-12-45(33-39)49-3/h4-33H,1-3H3/b16-13+,17-14?,18-15?. The third kappa shape index (κ3) is 8.76. The van der Waals surface area contributed by atoms with Crippen molar-refractivity contribution in [1.29, 1.82) is 0 Å². The molecule has 0 fully saturated rings. The monoisotopic (exact) mass is 641 g/mol. The maximum absolute atomic E-state index is 5.38. The van der Waals surface area contributed by atoms with E-state index < -0.39 is 0 Å². The Labute approximate surface area is 289 Å². The summed E-state index contributed by atoms with van der Waals surface area (Å²) in [5.74, 6) is 2.53. The van der Waals surface area contributed by atoms with Gasteiger partial charge in [0.05, 0.1) is 21.3 Å². The molecule has 4 nitrogen and oxygen atoms in total. The fourth-order valence-electron chi connectivity index (χ4n) is 5.46. The SMILES string of the molecule is COc1cccc(C=Cc2ccc(N(c3ccc(C=Cc4cccc(OC)c4)cc3)c3ccc(/C=C/c4cccc(OC)c4)cc3)cc2)c1. The predicted molar refractivity (Wildman–Crippen MR) is 207 cm³/mol. The van der Waals surface area contributed by atoms with Crippen LogP contribution in [0.5, 0.6) is 17.2 Å². The van der Waals surface area contributed by atoms with Crippen molar-refractivity contribution in [2.75, 3.05) is 26.2 Å². The summed E-state index contributed by atoms with van der Waals surface area (Å²) in [6, 6.07) is 50.0. The van der Waals surface area contributed by atoms with E-state index in [9.17, 15) is 0 Å². The van der Waals surface area contributed by atoms with Gasteiger partial charge in [-0.3, -0.25) is 0 Å². The molecular weight excluding hydrogens is 602 g/mol. The Morgan fingerprint density at radius 3 is 0.857 bits per heavy atom. The molecule has 0 aliphatic carbocycles. The summed E-state index contributed by atoms with van der Waals surface area (Å²) in [4.78, 5) is 2.28. The van der Waals surface area contributed by atoms with E-state index in [0.29, 0.717) is 0 Å². The van der Waals surface area contributed by atoms with E-state index in [2.05, 4.69) is 132 Å². The second-order valence-corrected chi connectivity index (χ2v) is 11.4. The van der Waals surface area contributed by atoms with E-state index in [0.717, 1.165) is 67.7 Å². The van der Waals surface area contributed by atoms with Crippen molar-refractivity contribution < 1.29 is 14.2 Å². The molecule has 0 aliphatic rings. The fraction of sp³-hybridized carbons (Fsp3) is 0.0667. The summed E-state index contributed by atoms with van der Waals surface area (Å²) in [7, 11) is 5.06. The second-order valence-electron chi connectivity index (χ2n) is 11.4. The molecule has 49 heavy (non-hydrogen) atoms. The summed E-state index contributed by atoms with van der Waals surface area (Å²) in [5, 5.41) is 0. The second kappa shape index (κ2) is 16.0. The van der Waals surface area contributed by atoms with Crippen LogP contribution in [0.15, 0.2) is 146 Å². The zero-order valence-corrected chi connectivity index (χ0v) is 28.0. The van der Waals surface area contributed by atoms with Crippen LogP contribution in [-0.2, 0) is 0 Å². The van der Waals surface area contributed by atoms with Crippen LogP contribution in [0.1, 0.15) is 33.4 Å². The Morgan fingerprint density at radius 2 is 0.592 bits per heavy atom. The van der Waals surface area contributed by atoms with Gasteiger partial charge in [0.15, 0.2) is 0 Å². The minimum atomic E-state index is 0.844. The quantitative estimate of drug-likeness (QED) is 0.124. The molecule has 0 spiro atoms. The molecule has 0 saturated heterocycles. The molecule has 4 heteroatoms. The minimum Gasteiger partial charge on any atom is -0.497 e. The van der Waals surface area contributed by atoms with Crippen LogP contribution >= 0.6 is 0 Å². The van der Waals surface area contributed by atoms with Crippen molar-refractivity contribution in [3.8, 4) is 17.2 Å². The molecule has 0 unspecified atom stereocenters. The molecule has 0 N–H and O–H groups in total. The predicted octanol–water partition coefficient (Wildman–Crippen LogP) is 11.7. The maximum atomic E-state index is 5.38. The zero-order chi connectivity index (χ0) is 33.8. The Balaban J connectivity index is 1.27. The van der Waals surface area contributed by atoms with Gasteiger partial charge in [0.25, 0.3) is 0 Å². The third-order valence-electron chi connectivity index (χ3n) is 8.14. The molecule has 0 saturated carbocycles. The van der Waals surface area contributed by atoms with E-state index in [-0.39, 0.29) is 0 Å². The summed E-state index contributed by atoms with van der Waals surface area (Å²) < 4.78 is 16.1. The van der Waals surface area contributed by atoms with Crippen LogP contribution in [0.3, 0.4) is 0 Å². The molecule has 0 radical (unpaired) electrons. The fourth-order valence-corrected chi connectivity index (χ4v) is 5.46. The molecule has 0 heterocycles. The van der Waals surface area contributed by atoms with E-state index in [4.69, 9.17) is 14.2 Å². The lowest BCUT2D eigenvalue weighted by molar-refractivity contribution is 0.414. The van der Waals surface area contributed by atoms with Gasteiger partial charge in [-0.2, -0.15) is 0 Å². The number of rotatable bonds is 12. The first-order valence-corrected chi connectivity index (χ1v) is 16.2. The lowest BCUT2D eigenvalue weighted by Crippen LogP contribution is -2.09. The van der Waals surface area contributed by atoms with Crippen LogP contribution in [0.4, 0.5) is 17.1 Å². The first-order chi connectivity index (χ1) is 24.1. The van der Waals surface area contributed by atoms with Gasteiger partial charge in [-0.1, -0.05) is 109 Å². The van der Waals surface area contributed by atoms with Crippen molar-refractivity contribution in [2.24, 2.45) is 0 Å². The van der Waals surface area contributed by atoms with Gasteiger partial charge < -0.3 is 19.1 Å². The molecule has 0 aromatic heterocycles. The van der Waals surface area contributed by atoms with E-state index in [1.165, 1.54) is 0 Å². The van der Waals surface area contributed by atoms with Crippen LogP contribution in [-0.4, -0.2) is 21.3 Å². The average Bonchev–Trinajstić information content (AvgIpc) is 3.17. The van der Waals surface area contributed by atoms with Gasteiger partial charge in [0.2, 0.25) is 0 Å². The van der Waals surface area contributed by atoms with E-state index in [1.54, 1.807) is 21.3 Å². The molecule has 6 rings (SSSR count). The van der Waals surface area contributed by atoms with Crippen molar-refractivity contribution in [1.82, 2.24) is 0 Å². The molecule has 6 aromatic rings. The Hall–Kier alpha value is -6.26. The summed E-state index contributed by atoms with van der Waals surface area (Å²) >= 11 is 0. The van der Waals surface area contributed by atoms with Gasteiger partial charge in [-0.05, 0) is 106 Å². The third-order valence-corrected chi connectivity index (χ3v) is 8.14. The highest BCUT2D eigenvalue weighted by atomic mass is 16.5. The summed E-state index contributed by atoms with van der Waals surface area (Å²) in [6.45, 7) is 0. The maximum Gasteiger partial charge on any atom is 0.119 e. The molecule has 0 aliphatic heterocycles. The number of hydrogen-bond acceptors (Lipinski definition) is 4. The van der Waals surface area contributed by atoms with Crippen molar-refractivity contribution in [3.63, 3.8) is 0 Å². The topological polar surface area (TPSA) is 30.9 Å². The van der Waals surface area contributed by atoms with E-state index >= 15 is 0 Å². The number of anilines is 3. The highest BCUT2D eigenvalue weighted by Crippen LogP contribution is 2.35. The Morgan fingerprint density at radius 1 is 0.327 bits per heavy atom. The highest BCUT2D eigenvalue weighted by molar-refractivity contribution is 5.80. The lowest BCUT2D eigenvalue weighted by Gasteiger charge is -2.26. The van der Waals surface area contributed by atoms with Crippen LogP contribution in [0.2, 0.25) is 0 Å². The molecule has 6 aromatic carbocycles. The van der Waals surface area contributed by atoms with Crippen LogP contribution < -0.4 is 19.1 Å². The molecule has 0 amide bonds. The Bertz CT molecular complexity index is 1820. The first-order valence-electron chi connectivity index (χ1n) is 16.2. The van der Waals surface area contributed by atoms with Crippen molar-refractivity contribution >= 4 is 53.5 Å². The van der Waals surface area contributed by atoms with Gasteiger partial charge in [0.1, 0.15) is 17.2 Å². The van der Waals surface area contributed by atoms with E-state index in [1.807, 2.05) is 54.6 Å². The zero-order valence-electron chi connectivity index (χ0n) is 28.0. The van der Waals surface area contributed by atoms with Crippen molar-refractivity contribution in [2.45, 2.75) is 0 Å². The molecular formula is C45H39NO3. The minimum absolute atomic E-state index is 0.844. The number of ether oxygens (including phenoxy) is 3. The highest BCUT2D eigenvalue weighted by Gasteiger charge is 2.12. The normalized spacial score (nSPS) is 11.3. The van der Waals surface area contributed by atoms with Gasteiger partial charge >= 0.3 is 0 Å². The van der Waals surface area contributed by atoms with Crippen LogP contribution in [0.25, 0.3) is 36.5 Å². The van der Waals surface area contributed by atoms with Gasteiger partial charge in [0, 0.05) is 17.1 Å². The van der Waals surface area contributed by atoms with Gasteiger partial charge in [-0.15, -0.1) is 0 Å². The number of methoxy groups -OCH3 is 3. The smallest absolute Gasteiger partial charge is 0.119 e. The van der Waals surface area contributed by atoms with Gasteiger partial charge in [-0.25, -0.2) is 0 Å². The molecule has 242 valence electrons. The lowest BCUT2D eigenvalue weighted by atomic mass is 10.1. The summed E-state index contributed by atoms with van der Waals surface area (Å²) in [6.07, 6.45) is 12.7. The molecule has 0 bridgehead atoms. The number of benzene rings is 6.